The number of nitrogens with zero attached hydrogens (tertiary/aromatic N) is 5. The Morgan fingerprint density at radius 3 is 2.43 bits per heavy atom. The summed E-state index contributed by atoms with van der Waals surface area (Å²) in [6.45, 7) is 2.90. The van der Waals surface area contributed by atoms with E-state index in [0.29, 0.717) is 41.3 Å². The molecule has 0 unspecified atom stereocenters. The first-order valence-corrected chi connectivity index (χ1v) is 13.4. The fourth-order valence-electron chi connectivity index (χ4n) is 5.00. The highest BCUT2D eigenvalue weighted by Crippen LogP contribution is 2.26. The molecule has 4 rings (SSSR count). The monoisotopic (exact) mass is 501 g/mol. The van der Waals surface area contributed by atoms with Gasteiger partial charge in [0, 0.05) is 25.7 Å². The molecule has 1 aliphatic heterocycles. The van der Waals surface area contributed by atoms with E-state index in [-0.39, 0.29) is 0 Å². The second kappa shape index (κ2) is 12.6. The zero-order valence-corrected chi connectivity index (χ0v) is 22.2. The van der Waals surface area contributed by atoms with Crippen LogP contribution in [0.3, 0.4) is 0 Å². The van der Waals surface area contributed by atoms with E-state index in [4.69, 9.17) is 31.3 Å². The van der Waals surface area contributed by atoms with Gasteiger partial charge in [-0.3, -0.25) is 0 Å². The summed E-state index contributed by atoms with van der Waals surface area (Å²) in [5.74, 6) is 2.72. The summed E-state index contributed by atoms with van der Waals surface area (Å²) < 4.78 is 5.26. The molecule has 2 fully saturated rings. The zero-order valence-electron chi connectivity index (χ0n) is 21.4. The highest BCUT2D eigenvalue weighted by Gasteiger charge is 2.24. The molecule has 35 heavy (non-hydrogen) atoms. The van der Waals surface area contributed by atoms with Crippen molar-refractivity contribution >= 4 is 29.4 Å². The minimum absolute atomic E-state index is 0.427. The molecule has 2 heterocycles. The SMILES string of the molecule is COc1ccc(CCNc2nc(NC3CCCCCC3)nc(N(C)C3CCN(C)CC3)n2)cc1Cl. The Balaban J connectivity index is 1.46. The Morgan fingerprint density at radius 2 is 1.74 bits per heavy atom. The second-order valence-electron chi connectivity index (χ2n) is 9.91. The molecule has 0 bridgehead atoms. The number of halogens is 1. The number of nitrogens with one attached hydrogen (secondary N) is 2. The summed E-state index contributed by atoms with van der Waals surface area (Å²) in [6, 6.07) is 6.76. The third-order valence-electron chi connectivity index (χ3n) is 7.28. The molecule has 0 spiro atoms. The number of piperidine rings is 1. The van der Waals surface area contributed by atoms with Crippen LogP contribution in [0.5, 0.6) is 5.75 Å². The van der Waals surface area contributed by atoms with Crippen molar-refractivity contribution in [2.75, 3.05) is 56.4 Å². The van der Waals surface area contributed by atoms with Gasteiger partial charge in [0.2, 0.25) is 17.8 Å². The first-order valence-electron chi connectivity index (χ1n) is 13.0. The van der Waals surface area contributed by atoms with Crippen LogP contribution in [-0.4, -0.2) is 72.8 Å². The maximum atomic E-state index is 6.29. The highest BCUT2D eigenvalue weighted by molar-refractivity contribution is 6.32. The van der Waals surface area contributed by atoms with E-state index in [1.165, 1.54) is 38.5 Å². The summed E-state index contributed by atoms with van der Waals surface area (Å²) in [5, 5.41) is 7.68. The lowest BCUT2D eigenvalue weighted by Gasteiger charge is -2.35. The van der Waals surface area contributed by atoms with Crippen LogP contribution < -0.4 is 20.3 Å². The number of rotatable bonds is 9. The Morgan fingerprint density at radius 1 is 1.03 bits per heavy atom. The van der Waals surface area contributed by atoms with Gasteiger partial charge in [-0.1, -0.05) is 43.4 Å². The van der Waals surface area contributed by atoms with Gasteiger partial charge in [-0.05, 0) is 69.9 Å². The van der Waals surface area contributed by atoms with Crippen LogP contribution in [0, 0.1) is 0 Å². The number of hydrogen-bond acceptors (Lipinski definition) is 8. The molecule has 1 saturated heterocycles. The van der Waals surface area contributed by atoms with Crippen LogP contribution in [0.15, 0.2) is 18.2 Å². The van der Waals surface area contributed by atoms with Gasteiger partial charge < -0.3 is 25.2 Å². The number of benzene rings is 1. The minimum atomic E-state index is 0.427. The van der Waals surface area contributed by atoms with Gasteiger partial charge in [0.25, 0.3) is 0 Å². The smallest absolute Gasteiger partial charge is 0.231 e. The van der Waals surface area contributed by atoms with E-state index in [1.807, 2.05) is 18.2 Å². The maximum Gasteiger partial charge on any atom is 0.231 e. The summed E-state index contributed by atoms with van der Waals surface area (Å²) >= 11 is 6.29. The van der Waals surface area contributed by atoms with Crippen molar-refractivity contribution in [2.45, 2.75) is 69.9 Å². The molecule has 1 saturated carbocycles. The molecule has 192 valence electrons. The van der Waals surface area contributed by atoms with Gasteiger partial charge in [-0.15, -0.1) is 0 Å². The van der Waals surface area contributed by atoms with E-state index in [1.54, 1.807) is 7.11 Å². The van der Waals surface area contributed by atoms with E-state index in [2.05, 4.69) is 34.5 Å². The normalized spacial score (nSPS) is 18.2. The highest BCUT2D eigenvalue weighted by atomic mass is 35.5. The summed E-state index contributed by atoms with van der Waals surface area (Å²) in [4.78, 5) is 19.0. The van der Waals surface area contributed by atoms with Crippen LogP contribution in [-0.2, 0) is 6.42 Å². The van der Waals surface area contributed by atoms with E-state index in [0.717, 1.165) is 43.9 Å². The number of aromatic nitrogens is 3. The lowest BCUT2D eigenvalue weighted by Crippen LogP contribution is -2.42. The molecular formula is C26H40ClN7O. The van der Waals surface area contributed by atoms with Crippen molar-refractivity contribution in [1.29, 1.82) is 0 Å². The quantitative estimate of drug-likeness (QED) is 0.472. The number of ether oxygens (including phenoxy) is 1. The molecular weight excluding hydrogens is 462 g/mol. The number of likely N-dealkylation sites (tertiary alicyclic amines) is 1. The van der Waals surface area contributed by atoms with E-state index >= 15 is 0 Å². The average Bonchev–Trinajstić information content (AvgIpc) is 3.13. The third kappa shape index (κ3) is 7.34. The third-order valence-corrected chi connectivity index (χ3v) is 7.57. The molecule has 2 N–H and O–H groups in total. The number of anilines is 3. The summed E-state index contributed by atoms with van der Waals surface area (Å²) in [7, 11) is 5.93. The Hall–Kier alpha value is -2.32. The van der Waals surface area contributed by atoms with Crippen LogP contribution in [0.4, 0.5) is 17.8 Å². The second-order valence-corrected chi connectivity index (χ2v) is 10.3. The lowest BCUT2D eigenvalue weighted by molar-refractivity contribution is 0.252. The fourth-order valence-corrected chi connectivity index (χ4v) is 5.28. The standard InChI is InChI=1S/C26H40ClN7O/c1-33-16-13-21(14-17-33)34(2)26-31-24(28-15-12-19-10-11-23(35-3)22(27)18-19)30-25(32-26)29-20-8-6-4-5-7-9-20/h10-11,18,20-21H,4-9,12-17H2,1-3H3,(H2,28,29,30,31,32). The van der Waals surface area contributed by atoms with Gasteiger partial charge in [-0.25, -0.2) is 0 Å². The molecule has 8 nitrogen and oxygen atoms in total. The van der Waals surface area contributed by atoms with Crippen molar-refractivity contribution in [3.8, 4) is 5.75 Å². The summed E-state index contributed by atoms with van der Waals surface area (Å²) in [6.07, 6.45) is 10.6. The van der Waals surface area contributed by atoms with Crippen LogP contribution >= 0.6 is 11.6 Å². The van der Waals surface area contributed by atoms with Gasteiger partial charge in [0.1, 0.15) is 5.75 Å². The predicted molar refractivity (Wildman–Crippen MR) is 144 cm³/mol. The maximum absolute atomic E-state index is 6.29. The molecule has 0 atom stereocenters. The van der Waals surface area contributed by atoms with Gasteiger partial charge in [0.05, 0.1) is 12.1 Å². The number of hydrogen-bond donors (Lipinski definition) is 2. The van der Waals surface area contributed by atoms with Crippen LogP contribution in [0.1, 0.15) is 56.9 Å². The Kier molecular flexibility index (Phi) is 9.26. The fraction of sp³-hybridized carbons (Fsp3) is 0.654. The topological polar surface area (TPSA) is 78.4 Å². The van der Waals surface area contributed by atoms with Crippen molar-refractivity contribution in [3.63, 3.8) is 0 Å². The van der Waals surface area contributed by atoms with Crippen molar-refractivity contribution in [1.82, 2.24) is 19.9 Å². The van der Waals surface area contributed by atoms with Gasteiger partial charge >= 0.3 is 0 Å². The predicted octanol–water partition coefficient (Wildman–Crippen LogP) is 4.85. The molecule has 1 aliphatic carbocycles. The van der Waals surface area contributed by atoms with Crippen molar-refractivity contribution in [2.24, 2.45) is 0 Å². The van der Waals surface area contributed by atoms with Crippen molar-refractivity contribution < 1.29 is 4.74 Å². The Bertz CT molecular complexity index is 943. The van der Waals surface area contributed by atoms with Gasteiger partial charge in [0.15, 0.2) is 0 Å². The van der Waals surface area contributed by atoms with Crippen LogP contribution in [0.25, 0.3) is 0 Å². The zero-order chi connectivity index (χ0) is 24.6. The number of methoxy groups -OCH3 is 1. The van der Waals surface area contributed by atoms with E-state index in [9.17, 15) is 0 Å². The first kappa shape index (κ1) is 25.8. The largest absolute Gasteiger partial charge is 0.495 e. The molecule has 0 radical (unpaired) electrons. The van der Waals surface area contributed by atoms with E-state index < -0.39 is 0 Å². The van der Waals surface area contributed by atoms with Crippen molar-refractivity contribution in [3.05, 3.63) is 28.8 Å². The molecule has 0 amide bonds. The Labute approximate surface area is 214 Å². The molecule has 1 aromatic heterocycles. The molecule has 2 aromatic rings. The molecule has 1 aromatic carbocycles. The summed E-state index contributed by atoms with van der Waals surface area (Å²) in [5.41, 5.74) is 1.14. The first-order chi connectivity index (χ1) is 17.0. The lowest BCUT2D eigenvalue weighted by atomic mass is 10.0. The molecule has 2 aliphatic rings. The molecule has 9 heteroatoms. The van der Waals surface area contributed by atoms with Crippen LogP contribution in [0.2, 0.25) is 5.02 Å². The average molecular weight is 502 g/mol. The minimum Gasteiger partial charge on any atom is -0.495 e. The van der Waals surface area contributed by atoms with Gasteiger partial charge in [-0.2, -0.15) is 15.0 Å².